The van der Waals surface area contributed by atoms with Gasteiger partial charge in [-0.2, -0.15) is 4.31 Å². The number of carbonyl (C=O) groups is 1. The summed E-state index contributed by atoms with van der Waals surface area (Å²) in [5.74, 6) is 1.31. The van der Waals surface area contributed by atoms with Crippen molar-refractivity contribution in [1.82, 2.24) is 9.21 Å². The maximum absolute atomic E-state index is 13.2. The molecule has 0 radical (unpaired) electrons. The molecule has 0 saturated carbocycles. The number of para-hydroxylation sites is 2. The van der Waals surface area contributed by atoms with Crippen molar-refractivity contribution in [2.24, 2.45) is 0 Å². The fourth-order valence-electron chi connectivity index (χ4n) is 4.71. The van der Waals surface area contributed by atoms with Crippen LogP contribution in [0, 0.1) is 0 Å². The predicted molar refractivity (Wildman–Crippen MR) is 131 cm³/mol. The van der Waals surface area contributed by atoms with Crippen LogP contribution in [0.15, 0.2) is 53.4 Å². The molecule has 7 nitrogen and oxygen atoms in total. The highest BCUT2D eigenvalue weighted by molar-refractivity contribution is 7.89. The van der Waals surface area contributed by atoms with Gasteiger partial charge < -0.3 is 14.4 Å². The molecule has 34 heavy (non-hydrogen) atoms. The zero-order chi connectivity index (χ0) is 24.1. The lowest BCUT2D eigenvalue weighted by molar-refractivity contribution is 0.0589. The molecule has 1 atom stereocenters. The minimum Gasteiger partial charge on any atom is -0.490 e. The first-order valence-electron chi connectivity index (χ1n) is 12.2. The fourth-order valence-corrected chi connectivity index (χ4v) is 6.46. The van der Waals surface area contributed by atoms with E-state index < -0.39 is 10.0 Å². The number of hydrogen-bond donors (Lipinski definition) is 0. The van der Waals surface area contributed by atoms with Gasteiger partial charge in [0.25, 0.3) is 5.91 Å². The Kier molecular flexibility index (Phi) is 7.78. The van der Waals surface area contributed by atoms with E-state index in [1.807, 2.05) is 38.1 Å². The number of piperidine rings is 2. The lowest BCUT2D eigenvalue weighted by atomic mass is 10.1. The van der Waals surface area contributed by atoms with Crippen LogP contribution in [0.3, 0.4) is 0 Å². The summed E-state index contributed by atoms with van der Waals surface area (Å²) in [6, 6.07) is 14.1. The number of hydrogen-bond acceptors (Lipinski definition) is 5. The molecule has 2 heterocycles. The van der Waals surface area contributed by atoms with Gasteiger partial charge in [0.15, 0.2) is 11.5 Å². The Hall–Kier alpha value is -2.58. The highest BCUT2D eigenvalue weighted by Gasteiger charge is 2.32. The molecule has 2 fully saturated rings. The van der Waals surface area contributed by atoms with Gasteiger partial charge in [0.2, 0.25) is 10.0 Å². The summed E-state index contributed by atoms with van der Waals surface area (Å²) in [5.41, 5.74) is 0.409. The second-order valence-corrected chi connectivity index (χ2v) is 10.9. The average molecular weight is 487 g/mol. The summed E-state index contributed by atoms with van der Waals surface area (Å²) in [7, 11) is -3.62. The van der Waals surface area contributed by atoms with Gasteiger partial charge in [-0.15, -0.1) is 0 Å². The van der Waals surface area contributed by atoms with Gasteiger partial charge in [-0.05, 0) is 57.0 Å². The first-order chi connectivity index (χ1) is 16.4. The van der Waals surface area contributed by atoms with E-state index in [1.165, 1.54) is 6.07 Å². The van der Waals surface area contributed by atoms with E-state index in [4.69, 9.17) is 9.47 Å². The molecule has 1 unspecified atom stereocenters. The van der Waals surface area contributed by atoms with Crippen molar-refractivity contribution in [1.29, 1.82) is 0 Å². The van der Waals surface area contributed by atoms with E-state index in [0.717, 1.165) is 30.8 Å². The van der Waals surface area contributed by atoms with Crippen molar-refractivity contribution >= 4 is 15.9 Å². The summed E-state index contributed by atoms with van der Waals surface area (Å²) in [4.78, 5) is 15.2. The third-order valence-corrected chi connectivity index (χ3v) is 8.61. The number of nitrogens with zero attached hydrogens (tertiary/aromatic N) is 2. The van der Waals surface area contributed by atoms with Crippen molar-refractivity contribution in [3.8, 4) is 11.5 Å². The number of likely N-dealkylation sites (tertiary alicyclic amines) is 1. The summed E-state index contributed by atoms with van der Waals surface area (Å²) in [5, 5.41) is 0. The lowest BCUT2D eigenvalue weighted by Crippen LogP contribution is -2.42. The third kappa shape index (κ3) is 5.39. The molecular weight excluding hydrogens is 452 g/mol. The maximum atomic E-state index is 13.2. The predicted octanol–water partition coefficient (Wildman–Crippen LogP) is 4.33. The SMILES string of the molecule is CCOc1ccccc1OC1CCN(C(=O)c2cccc(S(=O)(=O)N3CCCCC3C)c2)CC1. The first-order valence-corrected chi connectivity index (χ1v) is 13.6. The topological polar surface area (TPSA) is 76.1 Å². The van der Waals surface area contributed by atoms with Crippen LogP contribution >= 0.6 is 0 Å². The number of sulfonamides is 1. The molecule has 2 aliphatic rings. The summed E-state index contributed by atoms with van der Waals surface area (Å²) >= 11 is 0. The van der Waals surface area contributed by atoms with E-state index in [2.05, 4.69) is 0 Å². The molecule has 0 spiro atoms. The normalized spacial score (nSPS) is 20.2. The molecule has 0 aliphatic carbocycles. The molecular formula is C26H34N2O5S. The zero-order valence-corrected chi connectivity index (χ0v) is 20.8. The van der Waals surface area contributed by atoms with Gasteiger partial charge in [-0.1, -0.05) is 24.6 Å². The van der Waals surface area contributed by atoms with Crippen LogP contribution in [0.5, 0.6) is 11.5 Å². The van der Waals surface area contributed by atoms with Gasteiger partial charge in [-0.3, -0.25) is 4.79 Å². The monoisotopic (exact) mass is 486 g/mol. The van der Waals surface area contributed by atoms with Gasteiger partial charge >= 0.3 is 0 Å². The van der Waals surface area contributed by atoms with E-state index in [0.29, 0.717) is 44.6 Å². The van der Waals surface area contributed by atoms with E-state index in [9.17, 15) is 13.2 Å². The van der Waals surface area contributed by atoms with Gasteiger partial charge in [0, 0.05) is 44.1 Å². The summed E-state index contributed by atoms with van der Waals surface area (Å²) < 4.78 is 39.8. The molecule has 8 heteroatoms. The Labute approximate surface area is 202 Å². The Bertz CT molecular complexity index is 1100. The van der Waals surface area contributed by atoms with Crippen LogP contribution in [-0.4, -0.2) is 61.9 Å². The maximum Gasteiger partial charge on any atom is 0.253 e. The highest BCUT2D eigenvalue weighted by Crippen LogP contribution is 2.30. The standard InChI is InChI=1S/C26H34N2O5S/c1-3-32-24-12-4-5-13-25(24)33-22-14-17-27(18-15-22)26(29)21-10-8-11-23(19-21)34(30,31)28-16-7-6-9-20(28)2/h4-5,8,10-13,19-20,22H,3,6-7,9,14-18H2,1-2H3. The zero-order valence-electron chi connectivity index (χ0n) is 20.0. The molecule has 0 N–H and O–H groups in total. The number of amides is 1. The average Bonchev–Trinajstić information content (AvgIpc) is 2.86. The number of carbonyl (C=O) groups excluding carboxylic acids is 1. The Morgan fingerprint density at radius 3 is 2.41 bits per heavy atom. The van der Waals surface area contributed by atoms with Crippen LogP contribution in [0.4, 0.5) is 0 Å². The number of benzene rings is 2. The van der Waals surface area contributed by atoms with Crippen molar-refractivity contribution in [2.75, 3.05) is 26.2 Å². The number of ether oxygens (including phenoxy) is 2. The van der Waals surface area contributed by atoms with Gasteiger partial charge in [0.05, 0.1) is 11.5 Å². The highest BCUT2D eigenvalue weighted by atomic mass is 32.2. The molecule has 2 saturated heterocycles. The van der Waals surface area contributed by atoms with Crippen molar-refractivity contribution in [2.45, 2.75) is 63.0 Å². The largest absolute Gasteiger partial charge is 0.490 e. The molecule has 2 aromatic rings. The van der Waals surface area contributed by atoms with Crippen LogP contribution in [0.1, 0.15) is 56.3 Å². The second kappa shape index (κ2) is 10.8. The molecule has 0 aromatic heterocycles. The Morgan fingerprint density at radius 1 is 0.971 bits per heavy atom. The van der Waals surface area contributed by atoms with Gasteiger partial charge in [0.1, 0.15) is 6.10 Å². The summed E-state index contributed by atoms with van der Waals surface area (Å²) in [6.45, 7) is 6.10. The molecule has 4 rings (SSSR count). The lowest BCUT2D eigenvalue weighted by Gasteiger charge is -2.33. The van der Waals surface area contributed by atoms with Crippen molar-refractivity contribution < 1.29 is 22.7 Å². The fraction of sp³-hybridized carbons (Fsp3) is 0.500. The molecule has 2 aliphatic heterocycles. The molecule has 184 valence electrons. The van der Waals surface area contributed by atoms with Crippen molar-refractivity contribution in [3.05, 3.63) is 54.1 Å². The third-order valence-electron chi connectivity index (χ3n) is 6.60. The summed E-state index contributed by atoms with van der Waals surface area (Å²) in [6.07, 6.45) is 4.18. The second-order valence-electron chi connectivity index (χ2n) is 8.98. The van der Waals surface area contributed by atoms with Gasteiger partial charge in [-0.25, -0.2) is 8.42 Å². The van der Waals surface area contributed by atoms with Crippen LogP contribution < -0.4 is 9.47 Å². The van der Waals surface area contributed by atoms with E-state index in [-0.39, 0.29) is 22.9 Å². The smallest absolute Gasteiger partial charge is 0.253 e. The quantitative estimate of drug-likeness (QED) is 0.582. The van der Waals surface area contributed by atoms with E-state index >= 15 is 0 Å². The molecule has 0 bridgehead atoms. The number of rotatable bonds is 7. The van der Waals surface area contributed by atoms with Crippen LogP contribution in [0.2, 0.25) is 0 Å². The first kappa shape index (κ1) is 24.5. The Morgan fingerprint density at radius 2 is 1.71 bits per heavy atom. The minimum absolute atomic E-state index is 0.00189. The van der Waals surface area contributed by atoms with Crippen LogP contribution in [-0.2, 0) is 10.0 Å². The van der Waals surface area contributed by atoms with Crippen molar-refractivity contribution in [3.63, 3.8) is 0 Å². The molecule has 1 amide bonds. The van der Waals surface area contributed by atoms with E-state index in [1.54, 1.807) is 27.4 Å². The molecule has 2 aromatic carbocycles. The minimum atomic E-state index is -3.62. The Balaban J connectivity index is 1.40. The van der Waals surface area contributed by atoms with Crippen LogP contribution in [0.25, 0.3) is 0 Å².